The molecule has 1 saturated heterocycles. The van der Waals surface area contributed by atoms with Gasteiger partial charge in [0.1, 0.15) is 0 Å². The zero-order valence-corrected chi connectivity index (χ0v) is 14.7. The van der Waals surface area contributed by atoms with Crippen molar-refractivity contribution < 1.29 is 9.59 Å². The summed E-state index contributed by atoms with van der Waals surface area (Å²) < 4.78 is 0. The van der Waals surface area contributed by atoms with E-state index in [4.69, 9.17) is 17.3 Å². The zero-order chi connectivity index (χ0) is 17.2. The Kier molecular flexibility index (Phi) is 5.14. The predicted octanol–water partition coefficient (Wildman–Crippen LogP) is 3.27. The van der Waals surface area contributed by atoms with E-state index in [1.807, 2.05) is 29.2 Å². The molecule has 2 amide bonds. The third kappa shape index (κ3) is 3.30. The van der Waals surface area contributed by atoms with Gasteiger partial charge in [0.05, 0.1) is 5.41 Å². The normalized spacial score (nSPS) is 21.5. The Morgan fingerprint density at radius 2 is 1.79 bits per heavy atom. The Morgan fingerprint density at radius 3 is 2.38 bits per heavy atom. The number of amides is 2. The van der Waals surface area contributed by atoms with Crippen LogP contribution in [0.4, 0.5) is 0 Å². The zero-order valence-electron chi connectivity index (χ0n) is 14.0. The molecule has 24 heavy (non-hydrogen) atoms. The van der Waals surface area contributed by atoms with Crippen LogP contribution in [0.3, 0.4) is 0 Å². The highest BCUT2D eigenvalue weighted by atomic mass is 35.5. The molecule has 0 unspecified atom stereocenters. The standard InChI is InChI=1S/C19H25ClN2O2/c20-16-6-4-5-15(13-16)19(9-2-1-3-10-19)18(24)22-11-7-14(8-12-22)17(21)23/h4-6,13-14H,1-3,7-12H2,(H2,21,23). The lowest BCUT2D eigenvalue weighted by Crippen LogP contribution is -2.51. The molecule has 0 bridgehead atoms. The van der Waals surface area contributed by atoms with Crippen LogP contribution in [-0.2, 0) is 15.0 Å². The van der Waals surface area contributed by atoms with E-state index in [0.717, 1.165) is 31.2 Å². The number of piperidine rings is 1. The smallest absolute Gasteiger partial charge is 0.233 e. The molecule has 1 aromatic carbocycles. The average molecular weight is 349 g/mol. The number of nitrogens with zero attached hydrogens (tertiary/aromatic N) is 1. The molecule has 0 spiro atoms. The molecule has 5 heteroatoms. The van der Waals surface area contributed by atoms with E-state index in [9.17, 15) is 9.59 Å². The van der Waals surface area contributed by atoms with Gasteiger partial charge in [0, 0.05) is 24.0 Å². The summed E-state index contributed by atoms with van der Waals surface area (Å²) in [6.07, 6.45) is 6.41. The van der Waals surface area contributed by atoms with E-state index in [1.165, 1.54) is 6.42 Å². The highest BCUT2D eigenvalue weighted by molar-refractivity contribution is 6.30. The second kappa shape index (κ2) is 7.14. The molecule has 3 rings (SSSR count). The van der Waals surface area contributed by atoms with Crippen LogP contribution >= 0.6 is 11.6 Å². The van der Waals surface area contributed by atoms with Gasteiger partial charge in [-0.2, -0.15) is 0 Å². The number of carbonyl (C=O) groups is 2. The van der Waals surface area contributed by atoms with Crippen LogP contribution in [0.25, 0.3) is 0 Å². The number of hydrogen-bond donors (Lipinski definition) is 1. The maximum Gasteiger partial charge on any atom is 0.233 e. The number of nitrogens with two attached hydrogens (primary N) is 1. The summed E-state index contributed by atoms with van der Waals surface area (Å²) in [6, 6.07) is 7.76. The van der Waals surface area contributed by atoms with E-state index in [2.05, 4.69) is 0 Å². The molecule has 1 heterocycles. The van der Waals surface area contributed by atoms with Crippen molar-refractivity contribution in [1.82, 2.24) is 4.90 Å². The van der Waals surface area contributed by atoms with Crippen LogP contribution in [0.5, 0.6) is 0 Å². The molecule has 1 saturated carbocycles. The van der Waals surface area contributed by atoms with Gasteiger partial charge < -0.3 is 10.6 Å². The highest BCUT2D eigenvalue weighted by Crippen LogP contribution is 2.42. The first kappa shape index (κ1) is 17.3. The van der Waals surface area contributed by atoms with Crippen molar-refractivity contribution in [2.45, 2.75) is 50.4 Å². The van der Waals surface area contributed by atoms with Crippen molar-refractivity contribution in [1.29, 1.82) is 0 Å². The fourth-order valence-corrected chi connectivity index (χ4v) is 4.43. The Balaban J connectivity index is 1.84. The number of rotatable bonds is 3. The number of carbonyl (C=O) groups excluding carboxylic acids is 2. The monoisotopic (exact) mass is 348 g/mol. The lowest BCUT2D eigenvalue weighted by Gasteiger charge is -2.42. The van der Waals surface area contributed by atoms with Crippen LogP contribution in [0.15, 0.2) is 24.3 Å². The largest absolute Gasteiger partial charge is 0.369 e. The molecule has 2 fully saturated rings. The first-order valence-corrected chi connectivity index (χ1v) is 9.25. The van der Waals surface area contributed by atoms with Crippen LogP contribution < -0.4 is 5.73 Å². The van der Waals surface area contributed by atoms with Gasteiger partial charge in [0.25, 0.3) is 0 Å². The van der Waals surface area contributed by atoms with Crippen molar-refractivity contribution in [3.63, 3.8) is 0 Å². The van der Waals surface area contributed by atoms with Crippen molar-refractivity contribution in [3.05, 3.63) is 34.9 Å². The van der Waals surface area contributed by atoms with Crippen molar-refractivity contribution in [2.75, 3.05) is 13.1 Å². The molecule has 1 aliphatic carbocycles. The SMILES string of the molecule is NC(=O)C1CCN(C(=O)C2(c3cccc(Cl)c3)CCCCC2)CC1. The molecular weight excluding hydrogens is 324 g/mol. The van der Waals surface area contributed by atoms with E-state index < -0.39 is 5.41 Å². The molecule has 0 atom stereocenters. The Morgan fingerprint density at radius 1 is 1.12 bits per heavy atom. The summed E-state index contributed by atoms with van der Waals surface area (Å²) in [5.41, 5.74) is 5.99. The fourth-order valence-electron chi connectivity index (χ4n) is 4.24. The summed E-state index contributed by atoms with van der Waals surface area (Å²) in [5, 5.41) is 0.678. The molecule has 0 aromatic heterocycles. The Labute approximate surface area is 148 Å². The van der Waals surface area contributed by atoms with E-state index >= 15 is 0 Å². The van der Waals surface area contributed by atoms with Crippen molar-refractivity contribution in [3.8, 4) is 0 Å². The maximum absolute atomic E-state index is 13.4. The van der Waals surface area contributed by atoms with Gasteiger partial charge in [-0.3, -0.25) is 9.59 Å². The number of benzene rings is 1. The average Bonchev–Trinajstić information content (AvgIpc) is 2.62. The lowest BCUT2D eigenvalue weighted by atomic mass is 9.68. The molecule has 2 aliphatic rings. The van der Waals surface area contributed by atoms with E-state index in [1.54, 1.807) is 0 Å². The first-order valence-electron chi connectivity index (χ1n) is 8.88. The van der Waals surface area contributed by atoms with Crippen LogP contribution in [0.2, 0.25) is 5.02 Å². The van der Waals surface area contributed by atoms with Crippen LogP contribution in [0.1, 0.15) is 50.5 Å². The van der Waals surface area contributed by atoms with Gasteiger partial charge in [-0.05, 0) is 43.4 Å². The number of likely N-dealkylation sites (tertiary alicyclic amines) is 1. The van der Waals surface area contributed by atoms with Crippen molar-refractivity contribution >= 4 is 23.4 Å². The molecular formula is C19H25ClN2O2. The first-order chi connectivity index (χ1) is 11.5. The summed E-state index contributed by atoms with van der Waals surface area (Å²) in [5.74, 6) is -0.140. The van der Waals surface area contributed by atoms with E-state index in [0.29, 0.717) is 31.0 Å². The number of primary amides is 1. The van der Waals surface area contributed by atoms with Gasteiger partial charge >= 0.3 is 0 Å². The van der Waals surface area contributed by atoms with Gasteiger partial charge in [-0.25, -0.2) is 0 Å². The van der Waals surface area contributed by atoms with E-state index in [-0.39, 0.29) is 17.7 Å². The summed E-state index contributed by atoms with van der Waals surface area (Å²) in [7, 11) is 0. The van der Waals surface area contributed by atoms with Gasteiger partial charge in [0.15, 0.2) is 0 Å². The number of halogens is 1. The minimum Gasteiger partial charge on any atom is -0.369 e. The van der Waals surface area contributed by atoms with Crippen molar-refractivity contribution in [2.24, 2.45) is 11.7 Å². The molecule has 1 aromatic rings. The summed E-state index contributed by atoms with van der Waals surface area (Å²) in [6.45, 7) is 1.24. The van der Waals surface area contributed by atoms with Crippen LogP contribution in [0, 0.1) is 5.92 Å². The Bertz CT molecular complexity index is 618. The maximum atomic E-state index is 13.4. The predicted molar refractivity (Wildman–Crippen MR) is 94.7 cm³/mol. The molecule has 130 valence electrons. The minimum absolute atomic E-state index is 0.0949. The lowest BCUT2D eigenvalue weighted by molar-refractivity contribution is -0.141. The summed E-state index contributed by atoms with van der Waals surface area (Å²) in [4.78, 5) is 26.7. The molecule has 4 nitrogen and oxygen atoms in total. The highest BCUT2D eigenvalue weighted by Gasteiger charge is 2.44. The van der Waals surface area contributed by atoms with Crippen LogP contribution in [-0.4, -0.2) is 29.8 Å². The quantitative estimate of drug-likeness (QED) is 0.911. The third-order valence-corrected chi connectivity index (χ3v) is 5.91. The molecule has 0 radical (unpaired) electrons. The third-order valence-electron chi connectivity index (χ3n) is 5.68. The molecule has 1 aliphatic heterocycles. The summed E-state index contributed by atoms with van der Waals surface area (Å²) >= 11 is 6.19. The number of hydrogen-bond acceptors (Lipinski definition) is 2. The second-order valence-corrected chi connectivity index (χ2v) is 7.56. The fraction of sp³-hybridized carbons (Fsp3) is 0.579. The Hall–Kier alpha value is -1.55. The van der Waals surface area contributed by atoms with Gasteiger partial charge in [-0.15, -0.1) is 0 Å². The second-order valence-electron chi connectivity index (χ2n) is 7.12. The minimum atomic E-state index is -0.456. The van der Waals surface area contributed by atoms with Gasteiger partial charge in [0.2, 0.25) is 11.8 Å². The topological polar surface area (TPSA) is 63.4 Å². The van der Waals surface area contributed by atoms with Gasteiger partial charge in [-0.1, -0.05) is 43.0 Å². The molecule has 2 N–H and O–H groups in total.